The molecule has 5 nitrogen and oxygen atoms in total. The smallest absolute Gasteiger partial charge is 0.176 e. The van der Waals surface area contributed by atoms with E-state index in [4.69, 9.17) is 9.47 Å². The van der Waals surface area contributed by atoms with E-state index in [0.717, 1.165) is 31.6 Å². The molecule has 1 aromatic carbocycles. The highest BCUT2D eigenvalue weighted by atomic mass is 16.5. The molecular formula is C20H29NO4. The first-order valence-electron chi connectivity index (χ1n) is 9.31. The summed E-state index contributed by atoms with van der Waals surface area (Å²) < 4.78 is 11.7. The van der Waals surface area contributed by atoms with Crippen LogP contribution in [-0.4, -0.2) is 55.2 Å². The number of methoxy groups -OCH3 is 1. The molecule has 0 amide bonds. The number of rotatable bonds is 4. The Labute approximate surface area is 149 Å². The number of likely N-dealkylation sites (N-methyl/N-ethyl adjacent to an activating group) is 1. The Balaban J connectivity index is 0.000000880. The standard InChI is InChI=1S/C18H23NO4.C2H6/c1-19-7-6-18-10-12(19)9-11-3-4-14(22-2)16(15(11)18)23-17(18)13(21)5-8-20;1-2/h3-4,12,17,20H,5-10H2,1-2H3;1-2H3/t12?,17-,18?;/m0./s1. The van der Waals surface area contributed by atoms with Gasteiger partial charge in [0, 0.05) is 23.4 Å². The van der Waals surface area contributed by atoms with E-state index in [9.17, 15) is 9.90 Å². The van der Waals surface area contributed by atoms with Crippen molar-refractivity contribution >= 4 is 5.78 Å². The first-order valence-corrected chi connectivity index (χ1v) is 9.31. The van der Waals surface area contributed by atoms with E-state index < -0.39 is 6.10 Å². The van der Waals surface area contributed by atoms with Gasteiger partial charge in [-0.1, -0.05) is 19.9 Å². The Morgan fingerprint density at radius 1 is 1.44 bits per heavy atom. The summed E-state index contributed by atoms with van der Waals surface area (Å²) in [6.45, 7) is 4.84. The van der Waals surface area contributed by atoms with E-state index in [1.54, 1.807) is 7.11 Å². The summed E-state index contributed by atoms with van der Waals surface area (Å²) in [6.07, 6.45) is 2.51. The summed E-state index contributed by atoms with van der Waals surface area (Å²) in [5, 5.41) is 9.20. The number of ketones is 1. The van der Waals surface area contributed by atoms with Crippen LogP contribution in [0.15, 0.2) is 12.1 Å². The van der Waals surface area contributed by atoms with Gasteiger partial charge in [0.1, 0.15) is 0 Å². The number of hydrogen-bond donors (Lipinski definition) is 1. The summed E-state index contributed by atoms with van der Waals surface area (Å²) in [6, 6.07) is 4.52. The minimum atomic E-state index is -0.490. The van der Waals surface area contributed by atoms with Gasteiger partial charge >= 0.3 is 0 Å². The van der Waals surface area contributed by atoms with Crippen LogP contribution in [0.1, 0.15) is 44.2 Å². The first kappa shape index (κ1) is 18.2. The molecule has 1 N–H and O–H groups in total. The number of hydrogen-bond acceptors (Lipinski definition) is 5. The lowest BCUT2D eigenvalue weighted by molar-refractivity contribution is -0.130. The summed E-state index contributed by atoms with van der Waals surface area (Å²) in [5.41, 5.74) is 2.22. The van der Waals surface area contributed by atoms with Crippen LogP contribution < -0.4 is 9.47 Å². The van der Waals surface area contributed by atoms with Gasteiger partial charge in [-0.2, -0.15) is 0 Å². The Kier molecular flexibility index (Phi) is 5.07. The molecule has 5 heteroatoms. The van der Waals surface area contributed by atoms with Crippen LogP contribution in [-0.2, 0) is 16.6 Å². The van der Waals surface area contributed by atoms with Crippen molar-refractivity contribution in [2.75, 3.05) is 27.3 Å². The normalized spacial score (nSPS) is 29.2. The second kappa shape index (κ2) is 6.96. The fraction of sp³-hybridized carbons (Fsp3) is 0.650. The average molecular weight is 347 g/mol. The van der Waals surface area contributed by atoms with Crippen LogP contribution in [0, 0.1) is 0 Å². The Hall–Kier alpha value is -1.59. The number of aliphatic hydroxyl groups is 1. The summed E-state index contributed by atoms with van der Waals surface area (Å²) in [4.78, 5) is 15.0. The maximum Gasteiger partial charge on any atom is 0.176 e. The molecule has 2 aliphatic heterocycles. The van der Waals surface area contributed by atoms with Crippen molar-refractivity contribution in [3.05, 3.63) is 23.3 Å². The number of benzene rings is 1. The van der Waals surface area contributed by atoms with Crippen molar-refractivity contribution in [1.29, 1.82) is 0 Å². The van der Waals surface area contributed by atoms with Gasteiger partial charge < -0.3 is 19.5 Å². The number of Topliss-reactive ketones (excluding diaryl/α,β-unsaturated/α-hetero) is 1. The summed E-state index contributed by atoms with van der Waals surface area (Å²) in [7, 11) is 3.80. The predicted octanol–water partition coefficient (Wildman–Crippen LogP) is 2.32. The third kappa shape index (κ3) is 2.64. The second-order valence-corrected chi connectivity index (χ2v) is 7.02. The molecule has 0 aromatic heterocycles. The minimum absolute atomic E-state index is 0.00176. The van der Waals surface area contributed by atoms with Crippen molar-refractivity contribution in [3.63, 3.8) is 0 Å². The van der Waals surface area contributed by atoms with Crippen LogP contribution in [0.5, 0.6) is 11.5 Å². The topological polar surface area (TPSA) is 59.0 Å². The lowest BCUT2D eigenvalue weighted by Crippen LogP contribution is -2.57. The largest absolute Gasteiger partial charge is 0.493 e. The van der Waals surface area contributed by atoms with E-state index in [1.807, 2.05) is 19.9 Å². The van der Waals surface area contributed by atoms with Gasteiger partial charge in [-0.3, -0.25) is 4.79 Å². The molecule has 3 atom stereocenters. The highest BCUT2D eigenvalue weighted by Crippen LogP contribution is 2.58. The van der Waals surface area contributed by atoms with E-state index in [-0.39, 0.29) is 24.2 Å². The zero-order chi connectivity index (χ0) is 18.2. The minimum Gasteiger partial charge on any atom is -0.493 e. The molecule has 1 fully saturated rings. The molecule has 4 rings (SSSR count). The average Bonchev–Trinajstić information content (AvgIpc) is 2.97. The van der Waals surface area contributed by atoms with Crippen molar-refractivity contribution in [1.82, 2.24) is 4.90 Å². The monoisotopic (exact) mass is 347 g/mol. The molecule has 1 aliphatic carbocycles. The van der Waals surface area contributed by atoms with Gasteiger partial charge in [0.15, 0.2) is 23.4 Å². The third-order valence-electron chi connectivity index (χ3n) is 5.90. The maximum atomic E-state index is 12.7. The molecule has 0 saturated carbocycles. The molecule has 2 unspecified atom stereocenters. The van der Waals surface area contributed by atoms with E-state index in [0.29, 0.717) is 11.8 Å². The number of carbonyl (C=O) groups excluding carboxylic acids is 1. The summed E-state index contributed by atoms with van der Waals surface area (Å²) >= 11 is 0. The van der Waals surface area contributed by atoms with E-state index in [2.05, 4.69) is 18.0 Å². The predicted molar refractivity (Wildman–Crippen MR) is 96.5 cm³/mol. The maximum absolute atomic E-state index is 12.7. The van der Waals surface area contributed by atoms with Crippen LogP contribution in [0.4, 0.5) is 0 Å². The van der Waals surface area contributed by atoms with E-state index >= 15 is 0 Å². The van der Waals surface area contributed by atoms with Crippen molar-refractivity contribution in [2.45, 2.75) is 57.1 Å². The van der Waals surface area contributed by atoms with E-state index in [1.165, 1.54) is 11.1 Å². The molecule has 1 saturated heterocycles. The van der Waals surface area contributed by atoms with Crippen LogP contribution in [0.2, 0.25) is 0 Å². The third-order valence-corrected chi connectivity index (χ3v) is 5.90. The molecule has 2 bridgehead atoms. The number of ether oxygens (including phenoxy) is 2. The molecule has 138 valence electrons. The number of aliphatic hydroxyl groups excluding tert-OH is 1. The first-order chi connectivity index (χ1) is 12.1. The van der Waals surface area contributed by atoms with Gasteiger partial charge in [0.2, 0.25) is 0 Å². The van der Waals surface area contributed by atoms with Gasteiger partial charge in [0.25, 0.3) is 0 Å². The number of likely N-dealkylation sites (tertiary alicyclic amines) is 1. The van der Waals surface area contributed by atoms with Gasteiger partial charge in [-0.25, -0.2) is 0 Å². The molecule has 0 radical (unpaired) electrons. The highest BCUT2D eigenvalue weighted by Gasteiger charge is 2.58. The number of carbonyl (C=O) groups is 1. The van der Waals surface area contributed by atoms with Gasteiger partial charge in [0.05, 0.1) is 13.7 Å². The SMILES string of the molecule is CC.COc1ccc2c3c1O[C@@H](C(=O)CCO)C31CCN(C)C(C2)C1. The second-order valence-electron chi connectivity index (χ2n) is 7.02. The molecule has 1 aromatic rings. The molecular weight excluding hydrogens is 318 g/mol. The fourth-order valence-corrected chi connectivity index (χ4v) is 4.76. The number of nitrogens with zero attached hydrogens (tertiary/aromatic N) is 1. The van der Waals surface area contributed by atoms with Crippen molar-refractivity contribution < 1.29 is 19.4 Å². The van der Waals surface area contributed by atoms with Gasteiger partial charge in [-0.15, -0.1) is 0 Å². The lowest BCUT2D eigenvalue weighted by atomic mass is 9.61. The molecule has 1 spiro atoms. The quantitative estimate of drug-likeness (QED) is 0.906. The Morgan fingerprint density at radius 2 is 2.20 bits per heavy atom. The lowest BCUT2D eigenvalue weighted by Gasteiger charge is -2.49. The van der Waals surface area contributed by atoms with Crippen LogP contribution in [0.25, 0.3) is 0 Å². The van der Waals surface area contributed by atoms with Crippen molar-refractivity contribution in [3.8, 4) is 11.5 Å². The fourth-order valence-electron chi connectivity index (χ4n) is 4.76. The zero-order valence-electron chi connectivity index (χ0n) is 15.7. The number of piperidine rings is 1. The number of fused-ring (bicyclic) bond motifs is 1. The van der Waals surface area contributed by atoms with Crippen LogP contribution >= 0.6 is 0 Å². The van der Waals surface area contributed by atoms with Crippen molar-refractivity contribution in [2.24, 2.45) is 0 Å². The summed E-state index contributed by atoms with van der Waals surface area (Å²) in [5.74, 6) is 1.46. The zero-order valence-corrected chi connectivity index (χ0v) is 15.7. The van der Waals surface area contributed by atoms with Crippen LogP contribution in [0.3, 0.4) is 0 Å². The Morgan fingerprint density at radius 3 is 2.88 bits per heavy atom. The molecule has 25 heavy (non-hydrogen) atoms. The molecule has 3 aliphatic rings. The Bertz CT molecular complexity index is 659. The highest BCUT2D eigenvalue weighted by molar-refractivity contribution is 5.87. The molecule has 2 heterocycles. The van der Waals surface area contributed by atoms with Gasteiger partial charge in [-0.05, 0) is 44.5 Å².